The predicted octanol–water partition coefficient (Wildman–Crippen LogP) is 1.46. The molecule has 1 aliphatic rings. The molecule has 3 N–H and O–H groups in total. The third-order valence-electron chi connectivity index (χ3n) is 4.38. The van der Waals surface area contributed by atoms with Crippen molar-refractivity contribution in [2.45, 2.75) is 19.3 Å². The quantitative estimate of drug-likeness (QED) is 0.519. The first-order valence-electron chi connectivity index (χ1n) is 8.16. The van der Waals surface area contributed by atoms with Gasteiger partial charge in [-0.25, -0.2) is 8.78 Å². The summed E-state index contributed by atoms with van der Waals surface area (Å²) in [5.41, 5.74) is 0.250. The van der Waals surface area contributed by atoms with Crippen molar-refractivity contribution < 1.29 is 18.6 Å². The van der Waals surface area contributed by atoms with E-state index in [4.69, 9.17) is 4.74 Å². The Hall–Kier alpha value is -1.73. The molecule has 2 rings (SSSR count). The van der Waals surface area contributed by atoms with E-state index in [2.05, 4.69) is 15.6 Å². The molecule has 24 heavy (non-hydrogen) atoms. The molecule has 0 spiro atoms. The van der Waals surface area contributed by atoms with Crippen molar-refractivity contribution in [3.8, 4) is 0 Å². The van der Waals surface area contributed by atoms with Gasteiger partial charge in [0.25, 0.3) is 0 Å². The van der Waals surface area contributed by atoms with E-state index in [0.29, 0.717) is 50.7 Å². The van der Waals surface area contributed by atoms with Crippen molar-refractivity contribution in [1.29, 1.82) is 0 Å². The maximum atomic E-state index is 13.6. The van der Waals surface area contributed by atoms with E-state index in [-0.39, 0.29) is 12.0 Å². The zero-order valence-corrected chi connectivity index (χ0v) is 13.9. The second kappa shape index (κ2) is 8.94. The Kier molecular flexibility index (Phi) is 6.93. The van der Waals surface area contributed by atoms with Gasteiger partial charge in [0.1, 0.15) is 11.6 Å². The molecule has 0 bridgehead atoms. The molecule has 7 heteroatoms. The molecular formula is C17H25F2N3O2. The molecule has 1 aromatic rings. The van der Waals surface area contributed by atoms with Crippen LogP contribution < -0.4 is 10.6 Å². The van der Waals surface area contributed by atoms with E-state index in [0.717, 1.165) is 18.6 Å². The van der Waals surface area contributed by atoms with Crippen LogP contribution in [0.25, 0.3) is 0 Å². The Morgan fingerprint density at radius 3 is 2.88 bits per heavy atom. The van der Waals surface area contributed by atoms with Gasteiger partial charge in [-0.1, -0.05) is 0 Å². The van der Waals surface area contributed by atoms with Gasteiger partial charge in [0.2, 0.25) is 0 Å². The number of hydrogen-bond acceptors (Lipinski definition) is 3. The minimum Gasteiger partial charge on any atom is -0.396 e. The Balaban J connectivity index is 1.81. The van der Waals surface area contributed by atoms with Crippen LogP contribution >= 0.6 is 0 Å². The highest BCUT2D eigenvalue weighted by molar-refractivity contribution is 5.79. The van der Waals surface area contributed by atoms with Crippen molar-refractivity contribution >= 4 is 5.96 Å². The van der Waals surface area contributed by atoms with Crippen molar-refractivity contribution in [3.63, 3.8) is 0 Å². The molecule has 134 valence electrons. The summed E-state index contributed by atoms with van der Waals surface area (Å²) in [5.74, 6) is -0.261. The highest BCUT2D eigenvalue weighted by atomic mass is 19.1. The highest BCUT2D eigenvalue weighted by Gasteiger charge is 2.34. The average molecular weight is 341 g/mol. The Morgan fingerprint density at radius 2 is 2.21 bits per heavy atom. The lowest BCUT2D eigenvalue weighted by atomic mass is 9.84. The number of nitrogens with zero attached hydrogens (tertiary/aromatic N) is 1. The number of aliphatic imine (C=N–C) groups is 1. The maximum Gasteiger partial charge on any atom is 0.191 e. The minimum absolute atomic E-state index is 0.0823. The average Bonchev–Trinajstić information content (AvgIpc) is 3.03. The predicted molar refractivity (Wildman–Crippen MR) is 89.0 cm³/mol. The molecule has 0 aromatic heterocycles. The number of halogens is 2. The molecule has 1 unspecified atom stereocenters. The van der Waals surface area contributed by atoms with E-state index >= 15 is 0 Å². The van der Waals surface area contributed by atoms with Gasteiger partial charge in [0, 0.05) is 38.8 Å². The number of guanidine groups is 1. The lowest BCUT2D eigenvalue weighted by Gasteiger charge is -2.27. The van der Waals surface area contributed by atoms with Crippen molar-refractivity contribution in [2.75, 3.05) is 40.0 Å². The van der Waals surface area contributed by atoms with Gasteiger partial charge in [-0.15, -0.1) is 0 Å². The summed E-state index contributed by atoms with van der Waals surface area (Å²) in [6.45, 7) is 2.51. The fourth-order valence-electron chi connectivity index (χ4n) is 2.85. The van der Waals surface area contributed by atoms with Gasteiger partial charge in [-0.3, -0.25) is 4.99 Å². The van der Waals surface area contributed by atoms with E-state index < -0.39 is 11.6 Å². The highest BCUT2D eigenvalue weighted by Crippen LogP contribution is 2.31. The molecule has 1 atom stereocenters. The SMILES string of the molecule is CN=C(NCCc1cc(F)ccc1F)NCC1(CCO)CCOC1. The normalized spacial score (nSPS) is 21.1. The summed E-state index contributed by atoms with van der Waals surface area (Å²) in [4.78, 5) is 4.13. The van der Waals surface area contributed by atoms with Crippen LogP contribution in [-0.2, 0) is 11.2 Å². The molecule has 1 saturated heterocycles. The van der Waals surface area contributed by atoms with Crippen molar-refractivity contribution in [3.05, 3.63) is 35.4 Å². The summed E-state index contributed by atoms with van der Waals surface area (Å²) >= 11 is 0. The van der Waals surface area contributed by atoms with Crippen LogP contribution in [-0.4, -0.2) is 51.0 Å². The van der Waals surface area contributed by atoms with E-state index in [9.17, 15) is 13.9 Å². The van der Waals surface area contributed by atoms with E-state index in [1.54, 1.807) is 7.05 Å². The first kappa shape index (κ1) is 18.6. The van der Waals surface area contributed by atoms with Crippen LogP contribution in [0.15, 0.2) is 23.2 Å². The molecule has 0 aliphatic carbocycles. The third-order valence-corrected chi connectivity index (χ3v) is 4.38. The monoisotopic (exact) mass is 341 g/mol. The molecule has 0 saturated carbocycles. The van der Waals surface area contributed by atoms with Crippen LogP contribution in [0.4, 0.5) is 8.78 Å². The number of aliphatic hydroxyl groups excluding tert-OH is 1. The van der Waals surface area contributed by atoms with Crippen molar-refractivity contribution in [1.82, 2.24) is 10.6 Å². The summed E-state index contributed by atoms with van der Waals surface area (Å²) < 4.78 is 32.2. The number of ether oxygens (including phenoxy) is 1. The number of aliphatic hydroxyl groups is 1. The Morgan fingerprint density at radius 1 is 1.38 bits per heavy atom. The van der Waals surface area contributed by atoms with Crippen LogP contribution in [0.5, 0.6) is 0 Å². The summed E-state index contributed by atoms with van der Waals surface area (Å²) in [6, 6.07) is 3.45. The summed E-state index contributed by atoms with van der Waals surface area (Å²) in [6.07, 6.45) is 1.92. The van der Waals surface area contributed by atoms with Crippen LogP contribution in [0, 0.1) is 17.0 Å². The molecule has 0 radical (unpaired) electrons. The first-order chi connectivity index (χ1) is 11.6. The lowest BCUT2D eigenvalue weighted by Crippen LogP contribution is -2.45. The standard InChI is InChI=1S/C17H25F2N3O2/c1-20-16(22-11-17(5-8-23)6-9-24-12-17)21-7-4-13-10-14(18)2-3-15(13)19/h2-3,10,23H,4-9,11-12H2,1H3,(H2,20,21,22). The Bertz CT molecular complexity index is 561. The summed E-state index contributed by atoms with van der Waals surface area (Å²) in [5, 5.41) is 15.6. The number of nitrogens with one attached hydrogen (secondary N) is 2. The van der Waals surface area contributed by atoms with Gasteiger partial charge in [0.15, 0.2) is 5.96 Å². The van der Waals surface area contributed by atoms with Crippen molar-refractivity contribution in [2.24, 2.45) is 10.4 Å². The fourth-order valence-corrected chi connectivity index (χ4v) is 2.85. The first-order valence-corrected chi connectivity index (χ1v) is 8.16. The molecule has 5 nitrogen and oxygen atoms in total. The third kappa shape index (κ3) is 5.14. The fraction of sp³-hybridized carbons (Fsp3) is 0.588. The van der Waals surface area contributed by atoms with Crippen LogP contribution in [0.3, 0.4) is 0 Å². The minimum atomic E-state index is -0.443. The molecular weight excluding hydrogens is 316 g/mol. The Labute approximate surface area is 141 Å². The topological polar surface area (TPSA) is 65.9 Å². The lowest BCUT2D eigenvalue weighted by molar-refractivity contribution is 0.127. The number of hydrogen-bond donors (Lipinski definition) is 3. The molecule has 1 aliphatic heterocycles. The van der Waals surface area contributed by atoms with Gasteiger partial charge in [-0.05, 0) is 43.0 Å². The van der Waals surface area contributed by atoms with Crippen LogP contribution in [0.1, 0.15) is 18.4 Å². The molecule has 1 heterocycles. The zero-order chi connectivity index (χ0) is 17.4. The molecule has 1 aromatic carbocycles. The van der Waals surface area contributed by atoms with Gasteiger partial charge < -0.3 is 20.5 Å². The van der Waals surface area contributed by atoms with E-state index in [1.807, 2.05) is 0 Å². The second-order valence-corrected chi connectivity index (χ2v) is 6.11. The molecule has 1 fully saturated rings. The van der Waals surface area contributed by atoms with Gasteiger partial charge >= 0.3 is 0 Å². The van der Waals surface area contributed by atoms with Gasteiger partial charge in [-0.2, -0.15) is 0 Å². The smallest absolute Gasteiger partial charge is 0.191 e. The van der Waals surface area contributed by atoms with E-state index in [1.165, 1.54) is 6.07 Å². The van der Waals surface area contributed by atoms with Crippen LogP contribution in [0.2, 0.25) is 0 Å². The number of benzene rings is 1. The zero-order valence-electron chi connectivity index (χ0n) is 13.9. The number of rotatable bonds is 7. The maximum absolute atomic E-state index is 13.6. The second-order valence-electron chi connectivity index (χ2n) is 6.11. The molecule has 0 amide bonds. The van der Waals surface area contributed by atoms with Gasteiger partial charge in [0.05, 0.1) is 6.61 Å². The summed E-state index contributed by atoms with van der Waals surface area (Å²) in [7, 11) is 1.65. The largest absolute Gasteiger partial charge is 0.396 e.